The summed E-state index contributed by atoms with van der Waals surface area (Å²) in [5.74, 6) is 0. The van der Waals surface area contributed by atoms with Gasteiger partial charge in [-0.1, -0.05) is 6.07 Å². The van der Waals surface area contributed by atoms with Crippen molar-refractivity contribution >= 4 is 5.65 Å². The average molecular weight is 176 g/mol. The van der Waals surface area contributed by atoms with Gasteiger partial charge < -0.3 is 10.1 Å². The summed E-state index contributed by atoms with van der Waals surface area (Å²) in [7, 11) is 0. The van der Waals surface area contributed by atoms with Crippen molar-refractivity contribution in [3.63, 3.8) is 0 Å². The van der Waals surface area contributed by atoms with E-state index in [9.17, 15) is 0 Å². The van der Waals surface area contributed by atoms with Crippen LogP contribution >= 0.6 is 0 Å². The first-order chi connectivity index (χ1) is 6.31. The lowest BCUT2D eigenvalue weighted by Crippen LogP contribution is -2.51. The number of hydrogen-bond acceptors (Lipinski definition) is 1. The van der Waals surface area contributed by atoms with Gasteiger partial charge in [0.05, 0.1) is 12.2 Å². The molecule has 0 saturated heterocycles. The van der Waals surface area contributed by atoms with Gasteiger partial charge in [0.15, 0.2) is 0 Å². The molecule has 68 valence electrons. The highest BCUT2D eigenvalue weighted by molar-refractivity contribution is 5.47. The molecule has 0 amide bonds. The Kier molecular flexibility index (Phi) is 2.02. The molecule has 0 unspecified atom stereocenters. The Morgan fingerprint density at radius 1 is 1.54 bits per heavy atom. The third-order valence-electron chi connectivity index (χ3n) is 2.16. The van der Waals surface area contributed by atoms with Crippen molar-refractivity contribution < 1.29 is 5.73 Å². The number of quaternary nitrogens is 1. The van der Waals surface area contributed by atoms with E-state index < -0.39 is 0 Å². The van der Waals surface area contributed by atoms with Gasteiger partial charge in [0.2, 0.25) is 0 Å². The zero-order chi connectivity index (χ0) is 9.26. The molecule has 0 spiro atoms. The van der Waals surface area contributed by atoms with Gasteiger partial charge in [0, 0.05) is 18.8 Å². The third kappa shape index (κ3) is 1.42. The monoisotopic (exact) mass is 176 g/mol. The van der Waals surface area contributed by atoms with Crippen LogP contribution in [0.15, 0.2) is 24.5 Å². The molecule has 0 aliphatic rings. The minimum absolute atomic E-state index is 0.906. The van der Waals surface area contributed by atoms with Crippen molar-refractivity contribution in [3.8, 4) is 0 Å². The molecule has 0 saturated carbocycles. The Bertz CT molecular complexity index is 417. The van der Waals surface area contributed by atoms with Gasteiger partial charge in [0.1, 0.15) is 5.65 Å². The van der Waals surface area contributed by atoms with Gasteiger partial charge in [-0.15, -0.1) is 0 Å². The molecule has 0 radical (unpaired) electrons. The number of fused-ring (bicyclic) bond motifs is 1. The molecule has 0 bridgehead atoms. The molecule has 3 N–H and O–H groups in total. The Balaban J connectivity index is 2.55. The number of hydrogen-bond donors (Lipinski definition) is 1. The molecule has 3 heteroatoms. The van der Waals surface area contributed by atoms with Crippen LogP contribution in [0, 0.1) is 6.92 Å². The zero-order valence-electron chi connectivity index (χ0n) is 7.83. The summed E-state index contributed by atoms with van der Waals surface area (Å²) < 4.78 is 2.07. The van der Waals surface area contributed by atoms with E-state index in [1.54, 1.807) is 0 Å². The Morgan fingerprint density at radius 2 is 2.38 bits per heavy atom. The van der Waals surface area contributed by atoms with E-state index in [1.165, 1.54) is 5.56 Å². The van der Waals surface area contributed by atoms with Crippen molar-refractivity contribution in [2.75, 3.05) is 6.54 Å². The summed E-state index contributed by atoms with van der Waals surface area (Å²) >= 11 is 0. The fourth-order valence-electron chi connectivity index (χ4n) is 1.51. The van der Waals surface area contributed by atoms with Gasteiger partial charge in [-0.05, 0) is 18.6 Å². The van der Waals surface area contributed by atoms with Crippen LogP contribution in [0.1, 0.15) is 11.3 Å². The molecule has 0 aliphatic carbocycles. The van der Waals surface area contributed by atoms with Crippen molar-refractivity contribution in [3.05, 3.63) is 35.8 Å². The second kappa shape index (κ2) is 3.18. The lowest BCUT2D eigenvalue weighted by Gasteiger charge is -1.93. The summed E-state index contributed by atoms with van der Waals surface area (Å²) in [4.78, 5) is 4.52. The van der Waals surface area contributed by atoms with E-state index >= 15 is 0 Å². The summed E-state index contributed by atoms with van der Waals surface area (Å²) in [6, 6.07) is 4.12. The molecular formula is C10H14N3+. The molecule has 2 aromatic rings. The maximum Gasteiger partial charge on any atom is 0.139 e. The van der Waals surface area contributed by atoms with Gasteiger partial charge >= 0.3 is 0 Å². The summed E-state index contributed by atoms with van der Waals surface area (Å²) in [6.45, 7) is 2.99. The van der Waals surface area contributed by atoms with E-state index in [4.69, 9.17) is 0 Å². The molecule has 2 aromatic heterocycles. The third-order valence-corrected chi connectivity index (χ3v) is 2.16. The van der Waals surface area contributed by atoms with E-state index in [2.05, 4.69) is 34.3 Å². The van der Waals surface area contributed by atoms with Gasteiger partial charge in [-0.2, -0.15) is 0 Å². The summed E-state index contributed by atoms with van der Waals surface area (Å²) in [5.41, 5.74) is 7.23. The quantitative estimate of drug-likeness (QED) is 0.708. The van der Waals surface area contributed by atoms with Crippen LogP contribution in [0.25, 0.3) is 5.65 Å². The highest BCUT2D eigenvalue weighted by Gasteiger charge is 2.02. The summed E-state index contributed by atoms with van der Waals surface area (Å²) in [5, 5.41) is 0. The first kappa shape index (κ1) is 8.26. The van der Waals surface area contributed by atoms with Crippen molar-refractivity contribution in [1.29, 1.82) is 0 Å². The van der Waals surface area contributed by atoms with E-state index in [0.29, 0.717) is 0 Å². The smallest absolute Gasteiger partial charge is 0.139 e. The van der Waals surface area contributed by atoms with Gasteiger partial charge in [-0.3, -0.25) is 0 Å². The lowest BCUT2D eigenvalue weighted by atomic mass is 10.3. The highest BCUT2D eigenvalue weighted by atomic mass is 15.0. The largest absolute Gasteiger partial charge is 0.357 e. The number of aryl methyl sites for hydroxylation is 1. The Hall–Kier alpha value is -1.35. The molecule has 0 atom stereocenters. The Morgan fingerprint density at radius 3 is 3.08 bits per heavy atom. The van der Waals surface area contributed by atoms with Crippen molar-refractivity contribution in [2.24, 2.45) is 0 Å². The maximum absolute atomic E-state index is 4.52. The standard InChI is InChI=1S/C10H13N3/c1-8-3-2-6-13-7-9(4-5-11)12-10(8)13/h2-3,6-7H,4-5,11H2,1H3/p+1. The van der Waals surface area contributed by atoms with Crippen molar-refractivity contribution in [2.45, 2.75) is 13.3 Å². The zero-order valence-corrected chi connectivity index (χ0v) is 7.83. The average Bonchev–Trinajstić information content (AvgIpc) is 2.49. The summed E-state index contributed by atoms with van der Waals surface area (Å²) in [6.07, 6.45) is 5.07. The van der Waals surface area contributed by atoms with Crippen LogP contribution in [0.5, 0.6) is 0 Å². The van der Waals surface area contributed by atoms with Crippen LogP contribution in [-0.4, -0.2) is 15.9 Å². The predicted molar refractivity (Wildman–Crippen MR) is 51.4 cm³/mol. The van der Waals surface area contributed by atoms with Crippen molar-refractivity contribution in [1.82, 2.24) is 9.38 Å². The van der Waals surface area contributed by atoms with E-state index in [-0.39, 0.29) is 0 Å². The van der Waals surface area contributed by atoms with E-state index in [1.807, 2.05) is 12.3 Å². The fourth-order valence-corrected chi connectivity index (χ4v) is 1.51. The Labute approximate surface area is 77.2 Å². The minimum atomic E-state index is 0.906. The lowest BCUT2D eigenvalue weighted by molar-refractivity contribution is -0.366. The van der Waals surface area contributed by atoms with Crippen LogP contribution in [0.2, 0.25) is 0 Å². The molecule has 2 heterocycles. The first-order valence-corrected chi connectivity index (χ1v) is 4.53. The van der Waals surface area contributed by atoms with Gasteiger partial charge in [-0.25, -0.2) is 4.98 Å². The number of aromatic nitrogens is 2. The number of imidazole rings is 1. The first-order valence-electron chi connectivity index (χ1n) is 4.53. The van der Waals surface area contributed by atoms with Crippen LogP contribution in [0.3, 0.4) is 0 Å². The van der Waals surface area contributed by atoms with Gasteiger partial charge in [0.25, 0.3) is 0 Å². The minimum Gasteiger partial charge on any atom is -0.357 e. The number of rotatable bonds is 2. The normalized spacial score (nSPS) is 10.9. The molecule has 0 fully saturated rings. The highest BCUT2D eigenvalue weighted by Crippen LogP contribution is 2.09. The number of pyridine rings is 1. The molecule has 3 nitrogen and oxygen atoms in total. The second-order valence-corrected chi connectivity index (χ2v) is 3.26. The van der Waals surface area contributed by atoms with Crippen LogP contribution < -0.4 is 5.73 Å². The predicted octanol–water partition coefficient (Wildman–Crippen LogP) is 0.427. The molecule has 2 rings (SSSR count). The topological polar surface area (TPSA) is 44.9 Å². The molecule has 13 heavy (non-hydrogen) atoms. The second-order valence-electron chi connectivity index (χ2n) is 3.26. The molecule has 0 aromatic carbocycles. The SMILES string of the molecule is Cc1cccn2cc(CC[NH3+])nc12. The fraction of sp³-hybridized carbons (Fsp3) is 0.300. The van der Waals surface area contributed by atoms with Crippen LogP contribution in [-0.2, 0) is 6.42 Å². The number of nitrogens with zero attached hydrogens (tertiary/aromatic N) is 2. The maximum atomic E-state index is 4.52. The van der Waals surface area contributed by atoms with E-state index in [0.717, 1.165) is 24.3 Å². The molecule has 0 aliphatic heterocycles. The molecular weight excluding hydrogens is 162 g/mol. The van der Waals surface area contributed by atoms with Crippen LogP contribution in [0.4, 0.5) is 0 Å².